The summed E-state index contributed by atoms with van der Waals surface area (Å²) in [4.78, 5) is 25.8. The smallest absolute Gasteiger partial charge is 0.258 e. The fourth-order valence-electron chi connectivity index (χ4n) is 3.44. The van der Waals surface area contributed by atoms with E-state index in [1.807, 2.05) is 48.5 Å². The second-order valence-electron chi connectivity index (χ2n) is 8.24. The molecule has 0 bridgehead atoms. The minimum absolute atomic E-state index is 0.250. The van der Waals surface area contributed by atoms with Crippen molar-refractivity contribution in [1.29, 1.82) is 0 Å². The lowest BCUT2D eigenvalue weighted by atomic mass is 10.0. The van der Waals surface area contributed by atoms with Gasteiger partial charge in [-0.25, -0.2) is 9.67 Å². The van der Waals surface area contributed by atoms with Crippen LogP contribution in [0.2, 0.25) is 10.0 Å². The molecule has 0 fully saturated rings. The zero-order valence-corrected chi connectivity index (χ0v) is 23.8. The third-order valence-corrected chi connectivity index (χ3v) is 8.83. The van der Waals surface area contributed by atoms with Gasteiger partial charge in [-0.05, 0) is 56.5 Å². The molecule has 0 amide bonds. The average Bonchev–Trinajstić information content (AvgIpc) is 3.41. The molecule has 4 rings (SSSR count). The predicted octanol–water partition coefficient (Wildman–Crippen LogP) is 7.52. The van der Waals surface area contributed by atoms with Gasteiger partial charge in [0.25, 0.3) is 0 Å². The lowest BCUT2D eigenvalue weighted by Crippen LogP contribution is -1.96. The number of thiazole rings is 1. The van der Waals surface area contributed by atoms with Crippen LogP contribution >= 0.6 is 46.3 Å². The van der Waals surface area contributed by atoms with Gasteiger partial charge in [0.15, 0.2) is 0 Å². The van der Waals surface area contributed by atoms with Crippen LogP contribution < -0.4 is 0 Å². The third-order valence-electron chi connectivity index (χ3n) is 5.57. The van der Waals surface area contributed by atoms with Crippen LogP contribution in [0.25, 0.3) is 16.4 Å². The van der Waals surface area contributed by atoms with Crippen LogP contribution in [0.4, 0.5) is 0 Å². The van der Waals surface area contributed by atoms with Crippen LogP contribution in [-0.4, -0.2) is 31.1 Å². The first kappa shape index (κ1) is 28.1. The van der Waals surface area contributed by atoms with Crippen LogP contribution in [0.5, 0.6) is 0 Å². The number of thioether (sulfide) groups is 1. The Morgan fingerprint density at radius 2 is 1.75 bits per heavy atom. The molecule has 0 spiro atoms. The van der Waals surface area contributed by atoms with Gasteiger partial charge in [0.1, 0.15) is 0 Å². The van der Waals surface area contributed by atoms with Crippen molar-refractivity contribution in [3.63, 3.8) is 0 Å². The van der Waals surface area contributed by atoms with E-state index in [-0.39, 0.29) is 6.15 Å². The fourth-order valence-corrected chi connectivity index (χ4v) is 6.20. The average molecular weight is 562 g/mol. The second-order valence-corrected chi connectivity index (χ2v) is 11.7. The Bertz CT molecular complexity index is 1390. The monoisotopic (exact) mass is 560 g/mol. The highest BCUT2D eigenvalue weighted by molar-refractivity contribution is 8.01. The van der Waals surface area contributed by atoms with Gasteiger partial charge < -0.3 is 0 Å². The summed E-state index contributed by atoms with van der Waals surface area (Å²) in [5, 5.41) is 7.18. The lowest BCUT2D eigenvalue weighted by Gasteiger charge is -2.08. The third kappa shape index (κ3) is 6.84. The van der Waals surface area contributed by atoms with E-state index in [9.17, 15) is 0 Å². The molecule has 10 heteroatoms. The fraction of sp³-hybridized carbons (Fsp3) is 0.308. The number of carbonyl (C=O) groups excluding carboxylic acids is 2. The first-order valence-corrected chi connectivity index (χ1v) is 13.7. The number of hydrogen-bond acceptors (Lipinski definition) is 7. The zero-order chi connectivity index (χ0) is 26.4. The Morgan fingerprint density at radius 1 is 1.03 bits per heavy atom. The molecule has 1 atom stereocenters. The SMILES string of the molecule is CCC(C)Sc1sc(-n2cc(Cc3ccc(C)nc3C)c(C)n2)nc1-c1ccc(Cl)c(Cl)c1.O=C=O. The van der Waals surface area contributed by atoms with Gasteiger partial charge in [0.2, 0.25) is 5.13 Å². The van der Waals surface area contributed by atoms with Gasteiger partial charge in [0.05, 0.1) is 25.6 Å². The largest absolute Gasteiger partial charge is 0.373 e. The molecule has 3 aromatic heterocycles. The summed E-state index contributed by atoms with van der Waals surface area (Å²) >= 11 is 16.0. The standard InChI is InChI=1S/C25H26Cl2N4S2.CO2/c1-6-15(3)32-24-23(19-9-10-21(26)22(27)12-19)29-25(33-24)31-13-20(17(5)30-31)11-18-8-7-14(2)28-16(18)4;2-1-3/h7-10,12-13,15H,6,11H2,1-5H3;. The van der Waals surface area contributed by atoms with Crippen molar-refractivity contribution in [1.82, 2.24) is 19.7 Å². The number of halogens is 2. The van der Waals surface area contributed by atoms with E-state index in [1.54, 1.807) is 11.3 Å². The Labute approximate surface area is 229 Å². The number of aryl methyl sites for hydroxylation is 3. The molecule has 0 saturated carbocycles. The van der Waals surface area contributed by atoms with Crippen molar-refractivity contribution in [2.75, 3.05) is 0 Å². The minimum Gasteiger partial charge on any atom is -0.258 e. The maximum atomic E-state index is 8.12. The first-order chi connectivity index (χ1) is 17.2. The zero-order valence-electron chi connectivity index (χ0n) is 20.6. The van der Waals surface area contributed by atoms with Crippen LogP contribution in [0, 0.1) is 20.8 Å². The number of rotatable bonds is 7. The summed E-state index contributed by atoms with van der Waals surface area (Å²) in [5.74, 6) is 0. The number of nitrogens with zero attached hydrogens (tertiary/aromatic N) is 4. The Morgan fingerprint density at radius 3 is 2.39 bits per heavy atom. The number of aromatic nitrogens is 4. The molecule has 0 aliphatic carbocycles. The van der Waals surface area contributed by atoms with Gasteiger partial charge in [-0.15, -0.1) is 11.8 Å². The van der Waals surface area contributed by atoms with Gasteiger partial charge in [-0.3, -0.25) is 4.98 Å². The summed E-state index contributed by atoms with van der Waals surface area (Å²) < 4.78 is 3.06. The molecule has 1 unspecified atom stereocenters. The summed E-state index contributed by atoms with van der Waals surface area (Å²) in [6.07, 6.45) is 4.21. The number of hydrogen-bond donors (Lipinski definition) is 0. The highest BCUT2D eigenvalue weighted by Gasteiger charge is 2.19. The van der Waals surface area contributed by atoms with Crippen molar-refractivity contribution in [3.8, 4) is 16.4 Å². The molecule has 0 saturated heterocycles. The van der Waals surface area contributed by atoms with Crippen LogP contribution in [0.3, 0.4) is 0 Å². The molecule has 1 aromatic carbocycles. The molecule has 3 heterocycles. The maximum absolute atomic E-state index is 8.12. The van der Waals surface area contributed by atoms with Gasteiger partial charge >= 0.3 is 6.15 Å². The maximum Gasteiger partial charge on any atom is 0.373 e. The molecule has 0 aliphatic heterocycles. The van der Waals surface area contributed by atoms with Crippen LogP contribution in [0.15, 0.2) is 40.7 Å². The van der Waals surface area contributed by atoms with E-state index in [0.29, 0.717) is 15.3 Å². The summed E-state index contributed by atoms with van der Waals surface area (Å²) in [5.41, 5.74) is 7.36. The molecule has 0 radical (unpaired) electrons. The van der Waals surface area contributed by atoms with Gasteiger partial charge in [-0.2, -0.15) is 14.7 Å². The van der Waals surface area contributed by atoms with E-state index in [2.05, 4.69) is 44.1 Å². The topological polar surface area (TPSA) is 77.7 Å². The summed E-state index contributed by atoms with van der Waals surface area (Å²) in [6, 6.07) is 9.90. The van der Waals surface area contributed by atoms with E-state index >= 15 is 0 Å². The van der Waals surface area contributed by atoms with Crippen molar-refractivity contribution in [2.45, 2.75) is 56.9 Å². The Kier molecular flexibility index (Phi) is 9.88. The minimum atomic E-state index is 0.250. The molecular formula is C26H26Cl2N4O2S2. The number of benzene rings is 1. The molecule has 0 N–H and O–H groups in total. The van der Waals surface area contributed by atoms with Crippen LogP contribution in [-0.2, 0) is 16.0 Å². The molecule has 0 aliphatic rings. The number of pyridine rings is 1. The van der Waals surface area contributed by atoms with Gasteiger partial charge in [0, 0.05) is 34.8 Å². The van der Waals surface area contributed by atoms with E-state index in [1.165, 1.54) is 11.1 Å². The van der Waals surface area contributed by atoms with Gasteiger partial charge in [-0.1, -0.05) is 60.5 Å². The first-order valence-electron chi connectivity index (χ1n) is 11.3. The summed E-state index contributed by atoms with van der Waals surface area (Å²) in [7, 11) is 0. The summed E-state index contributed by atoms with van der Waals surface area (Å²) in [6.45, 7) is 10.6. The highest BCUT2D eigenvalue weighted by atomic mass is 35.5. The van der Waals surface area contributed by atoms with E-state index in [4.69, 9.17) is 42.9 Å². The quantitative estimate of drug-likeness (QED) is 0.217. The Balaban J connectivity index is 0.00000115. The van der Waals surface area contributed by atoms with Crippen molar-refractivity contribution in [2.24, 2.45) is 0 Å². The molecule has 4 aromatic rings. The molecule has 36 heavy (non-hydrogen) atoms. The van der Waals surface area contributed by atoms with Crippen molar-refractivity contribution < 1.29 is 9.59 Å². The van der Waals surface area contributed by atoms with E-state index in [0.717, 1.165) is 50.5 Å². The predicted molar refractivity (Wildman–Crippen MR) is 147 cm³/mol. The Hall–Kier alpha value is -2.48. The molecular weight excluding hydrogens is 535 g/mol. The van der Waals surface area contributed by atoms with Crippen LogP contribution in [0.1, 0.15) is 48.5 Å². The van der Waals surface area contributed by atoms with E-state index < -0.39 is 0 Å². The van der Waals surface area contributed by atoms with Crippen molar-refractivity contribution >= 4 is 52.5 Å². The highest BCUT2D eigenvalue weighted by Crippen LogP contribution is 2.41. The normalized spacial score (nSPS) is 11.5. The molecule has 6 nitrogen and oxygen atoms in total. The van der Waals surface area contributed by atoms with Crippen molar-refractivity contribution in [3.05, 3.63) is 74.8 Å². The lowest BCUT2D eigenvalue weighted by molar-refractivity contribution is -0.191. The second kappa shape index (κ2) is 12.7. The molecule has 188 valence electrons.